The van der Waals surface area contributed by atoms with Gasteiger partial charge in [0.1, 0.15) is 0 Å². The van der Waals surface area contributed by atoms with Gasteiger partial charge < -0.3 is 15.2 Å². The van der Waals surface area contributed by atoms with Crippen LogP contribution in [-0.4, -0.2) is 29.2 Å². The molecule has 88 valence electrons. The van der Waals surface area contributed by atoms with Crippen LogP contribution in [0.4, 0.5) is 5.82 Å². The molecule has 0 spiro atoms. The van der Waals surface area contributed by atoms with E-state index in [9.17, 15) is 4.79 Å². The van der Waals surface area contributed by atoms with Crippen molar-refractivity contribution in [1.29, 1.82) is 0 Å². The molecule has 0 aromatic carbocycles. The van der Waals surface area contributed by atoms with E-state index in [1.807, 2.05) is 18.9 Å². The van der Waals surface area contributed by atoms with Crippen molar-refractivity contribution in [1.82, 2.24) is 9.55 Å². The molecule has 1 heterocycles. The molecule has 0 amide bonds. The first-order chi connectivity index (χ1) is 7.65. The zero-order chi connectivity index (χ0) is 11.7. The van der Waals surface area contributed by atoms with Crippen molar-refractivity contribution in [2.45, 2.75) is 31.8 Å². The summed E-state index contributed by atoms with van der Waals surface area (Å²) < 4.78 is 1.78. The van der Waals surface area contributed by atoms with Crippen LogP contribution in [0.3, 0.4) is 0 Å². The number of anilines is 1. The smallest absolute Gasteiger partial charge is 0.293 e. The Morgan fingerprint density at radius 3 is 2.94 bits per heavy atom. The third-order valence-electron chi connectivity index (χ3n) is 3.13. The van der Waals surface area contributed by atoms with Gasteiger partial charge >= 0.3 is 0 Å². The van der Waals surface area contributed by atoms with Crippen LogP contribution >= 0.6 is 0 Å². The van der Waals surface area contributed by atoms with Crippen LogP contribution in [0.2, 0.25) is 0 Å². The lowest BCUT2D eigenvalue weighted by molar-refractivity contribution is 0.653. The van der Waals surface area contributed by atoms with E-state index in [1.165, 1.54) is 0 Å². The highest BCUT2D eigenvalue weighted by Crippen LogP contribution is 2.33. The maximum absolute atomic E-state index is 12.1. The Hall–Kier alpha value is -1.36. The normalized spacial score (nSPS) is 17.2. The lowest BCUT2D eigenvalue weighted by Crippen LogP contribution is -2.40. The Kier molecular flexibility index (Phi) is 2.96. The third-order valence-corrected chi connectivity index (χ3v) is 3.13. The summed E-state index contributed by atoms with van der Waals surface area (Å²) >= 11 is 0. The fraction of sp³-hybridized carbons (Fsp3) is 0.636. The molecule has 1 atom stereocenters. The van der Waals surface area contributed by atoms with Gasteiger partial charge in [-0.2, -0.15) is 0 Å². The molecule has 2 rings (SSSR count). The molecule has 1 aromatic heterocycles. The molecule has 5 nitrogen and oxygen atoms in total. The average molecular weight is 222 g/mol. The molecule has 1 aliphatic carbocycles. The molecule has 0 bridgehead atoms. The Bertz CT molecular complexity index is 424. The molecule has 2 N–H and O–H groups in total. The second-order valence-electron chi connectivity index (χ2n) is 4.39. The monoisotopic (exact) mass is 222 g/mol. The van der Waals surface area contributed by atoms with E-state index in [4.69, 9.17) is 5.73 Å². The van der Waals surface area contributed by atoms with E-state index >= 15 is 0 Å². The van der Waals surface area contributed by atoms with E-state index in [-0.39, 0.29) is 11.6 Å². The summed E-state index contributed by atoms with van der Waals surface area (Å²) in [5.74, 6) is 0.493. The van der Waals surface area contributed by atoms with Gasteiger partial charge in [0, 0.05) is 38.1 Å². The van der Waals surface area contributed by atoms with Crippen LogP contribution in [0.25, 0.3) is 0 Å². The SMILES string of the molecule is CC(CN)N(C)c1nccn(C2CC2)c1=O. The van der Waals surface area contributed by atoms with E-state index < -0.39 is 0 Å². The number of rotatable bonds is 4. The third kappa shape index (κ3) is 1.95. The van der Waals surface area contributed by atoms with Gasteiger partial charge in [0.25, 0.3) is 5.56 Å². The lowest BCUT2D eigenvalue weighted by atomic mass is 10.3. The molecular formula is C11H18N4O. The van der Waals surface area contributed by atoms with E-state index in [0.717, 1.165) is 12.8 Å². The summed E-state index contributed by atoms with van der Waals surface area (Å²) in [6.45, 7) is 2.49. The van der Waals surface area contributed by atoms with Gasteiger partial charge in [0.05, 0.1) is 0 Å². The van der Waals surface area contributed by atoms with Gasteiger partial charge in [0.2, 0.25) is 0 Å². The van der Waals surface area contributed by atoms with Crippen LogP contribution < -0.4 is 16.2 Å². The highest BCUT2D eigenvalue weighted by molar-refractivity contribution is 5.36. The van der Waals surface area contributed by atoms with Crippen molar-refractivity contribution in [3.63, 3.8) is 0 Å². The lowest BCUT2D eigenvalue weighted by Gasteiger charge is -2.24. The molecule has 1 fully saturated rings. The summed E-state index contributed by atoms with van der Waals surface area (Å²) in [6, 6.07) is 0.506. The summed E-state index contributed by atoms with van der Waals surface area (Å²) in [7, 11) is 1.86. The number of nitrogens with zero attached hydrogens (tertiary/aromatic N) is 3. The molecule has 0 aliphatic heterocycles. The maximum atomic E-state index is 12.1. The summed E-state index contributed by atoms with van der Waals surface area (Å²) in [5, 5.41) is 0. The first-order valence-corrected chi connectivity index (χ1v) is 5.65. The van der Waals surface area contributed by atoms with Crippen LogP contribution in [0.15, 0.2) is 17.2 Å². The Labute approximate surface area is 94.9 Å². The van der Waals surface area contributed by atoms with Gasteiger partial charge in [-0.1, -0.05) is 0 Å². The highest BCUT2D eigenvalue weighted by Gasteiger charge is 2.26. The van der Waals surface area contributed by atoms with E-state index in [0.29, 0.717) is 18.4 Å². The van der Waals surface area contributed by atoms with E-state index in [1.54, 1.807) is 17.0 Å². The highest BCUT2D eigenvalue weighted by atomic mass is 16.1. The van der Waals surface area contributed by atoms with Gasteiger partial charge in [-0.15, -0.1) is 0 Å². The summed E-state index contributed by atoms with van der Waals surface area (Å²) in [4.78, 5) is 18.1. The van der Waals surface area contributed by atoms with Crippen molar-refractivity contribution in [3.8, 4) is 0 Å². The van der Waals surface area contributed by atoms with Crippen LogP contribution in [-0.2, 0) is 0 Å². The molecule has 1 saturated carbocycles. The zero-order valence-electron chi connectivity index (χ0n) is 9.76. The van der Waals surface area contributed by atoms with Crippen LogP contribution in [0, 0.1) is 0 Å². The second-order valence-corrected chi connectivity index (χ2v) is 4.39. The predicted molar refractivity (Wildman–Crippen MR) is 63.7 cm³/mol. The number of nitrogens with two attached hydrogens (primary N) is 1. The number of aromatic nitrogens is 2. The van der Waals surface area contributed by atoms with Gasteiger partial charge in [-0.3, -0.25) is 4.79 Å². The quantitative estimate of drug-likeness (QED) is 0.799. The minimum absolute atomic E-state index is 0.00667. The Morgan fingerprint density at radius 1 is 1.69 bits per heavy atom. The van der Waals surface area contributed by atoms with Gasteiger partial charge in [-0.05, 0) is 19.8 Å². The minimum atomic E-state index is -0.00667. The molecule has 0 radical (unpaired) electrons. The van der Waals surface area contributed by atoms with Crippen LogP contribution in [0.1, 0.15) is 25.8 Å². The van der Waals surface area contributed by atoms with Crippen molar-refractivity contribution < 1.29 is 0 Å². The van der Waals surface area contributed by atoms with Gasteiger partial charge in [-0.25, -0.2) is 4.98 Å². The van der Waals surface area contributed by atoms with Crippen molar-refractivity contribution in [3.05, 3.63) is 22.7 Å². The number of hydrogen-bond acceptors (Lipinski definition) is 4. The van der Waals surface area contributed by atoms with Crippen molar-refractivity contribution in [2.75, 3.05) is 18.5 Å². The van der Waals surface area contributed by atoms with Gasteiger partial charge in [0.15, 0.2) is 5.82 Å². The Balaban J connectivity index is 2.33. The summed E-state index contributed by atoms with van der Waals surface area (Å²) in [6.07, 6.45) is 5.65. The topological polar surface area (TPSA) is 64.2 Å². The van der Waals surface area contributed by atoms with Crippen molar-refractivity contribution in [2.24, 2.45) is 5.73 Å². The van der Waals surface area contributed by atoms with E-state index in [2.05, 4.69) is 4.98 Å². The molecule has 5 heteroatoms. The molecule has 0 saturated heterocycles. The predicted octanol–water partition coefficient (Wildman–Crippen LogP) is 0.362. The minimum Gasteiger partial charge on any atom is -0.351 e. The zero-order valence-corrected chi connectivity index (χ0v) is 9.76. The molecule has 1 unspecified atom stereocenters. The number of likely N-dealkylation sites (N-methyl/N-ethyl adjacent to an activating group) is 1. The van der Waals surface area contributed by atoms with Crippen LogP contribution in [0.5, 0.6) is 0 Å². The fourth-order valence-corrected chi connectivity index (χ4v) is 1.66. The molecule has 16 heavy (non-hydrogen) atoms. The average Bonchev–Trinajstić information content (AvgIpc) is 3.11. The first kappa shape index (κ1) is 11.1. The molecular weight excluding hydrogens is 204 g/mol. The summed E-state index contributed by atoms with van der Waals surface area (Å²) in [5.41, 5.74) is 5.59. The molecule has 1 aromatic rings. The second kappa shape index (κ2) is 4.25. The Morgan fingerprint density at radius 2 is 2.38 bits per heavy atom. The fourth-order valence-electron chi connectivity index (χ4n) is 1.66. The van der Waals surface area contributed by atoms with Crippen molar-refractivity contribution >= 4 is 5.82 Å². The first-order valence-electron chi connectivity index (χ1n) is 5.65. The number of hydrogen-bond donors (Lipinski definition) is 1. The molecule has 1 aliphatic rings. The standard InChI is InChI=1S/C11H18N4O/c1-8(7-12)14(2)10-11(16)15(6-5-13-10)9-3-4-9/h5-6,8-9H,3-4,7,12H2,1-2H3. The largest absolute Gasteiger partial charge is 0.351 e. The maximum Gasteiger partial charge on any atom is 0.293 e.